The molecule has 0 aliphatic rings. The molecule has 0 spiro atoms. The molecule has 0 amide bonds. The predicted octanol–water partition coefficient (Wildman–Crippen LogP) is 1.80. The van der Waals surface area contributed by atoms with E-state index in [1.54, 1.807) is 18.6 Å². The van der Waals surface area contributed by atoms with Crippen molar-refractivity contribution in [1.29, 1.82) is 0 Å². The van der Waals surface area contributed by atoms with Gasteiger partial charge < -0.3 is 11.1 Å². The number of nitrogens with two attached hydrogens (primary N) is 1. The van der Waals surface area contributed by atoms with Gasteiger partial charge in [-0.2, -0.15) is 0 Å². The third kappa shape index (κ3) is 1.98. The molecule has 1 heterocycles. The normalized spacial score (nSPS) is 9.71. The van der Waals surface area contributed by atoms with Gasteiger partial charge >= 0.3 is 0 Å². The number of nitrogen functional groups attached to an aromatic ring is 1. The number of hydrogen-bond acceptors (Lipinski definition) is 4. The molecule has 70 valence electrons. The lowest BCUT2D eigenvalue weighted by molar-refractivity contribution is 1.20. The molecule has 1 aromatic carbocycles. The van der Waals surface area contributed by atoms with Gasteiger partial charge in [0.2, 0.25) is 0 Å². The molecule has 0 bridgehead atoms. The van der Waals surface area contributed by atoms with Gasteiger partial charge in [0.05, 0.1) is 6.20 Å². The summed E-state index contributed by atoms with van der Waals surface area (Å²) in [5.74, 6) is 0.707. The van der Waals surface area contributed by atoms with Gasteiger partial charge in [0.15, 0.2) is 0 Å². The van der Waals surface area contributed by atoms with Crippen LogP contribution in [0.15, 0.2) is 42.9 Å². The van der Waals surface area contributed by atoms with Crippen LogP contribution in [-0.2, 0) is 0 Å². The molecule has 14 heavy (non-hydrogen) atoms. The molecule has 0 radical (unpaired) electrons. The summed E-state index contributed by atoms with van der Waals surface area (Å²) in [5.41, 5.74) is 7.27. The Morgan fingerprint density at radius 1 is 1.21 bits per heavy atom. The SMILES string of the molecule is Nc1cccc(Nc2cnccn2)c1. The summed E-state index contributed by atoms with van der Waals surface area (Å²) in [4.78, 5) is 8.04. The zero-order valence-electron chi connectivity index (χ0n) is 7.51. The van der Waals surface area contributed by atoms with Crippen LogP contribution in [0.3, 0.4) is 0 Å². The van der Waals surface area contributed by atoms with Crippen molar-refractivity contribution in [2.24, 2.45) is 0 Å². The first kappa shape index (κ1) is 8.50. The molecule has 0 atom stereocenters. The van der Waals surface area contributed by atoms with Crippen molar-refractivity contribution in [3.8, 4) is 0 Å². The van der Waals surface area contributed by atoms with Crippen molar-refractivity contribution in [3.63, 3.8) is 0 Å². The topological polar surface area (TPSA) is 63.8 Å². The van der Waals surface area contributed by atoms with E-state index >= 15 is 0 Å². The van der Waals surface area contributed by atoms with Crippen molar-refractivity contribution >= 4 is 17.2 Å². The number of benzene rings is 1. The first-order valence-corrected chi connectivity index (χ1v) is 4.23. The molecule has 0 saturated heterocycles. The standard InChI is InChI=1S/C10H10N4/c11-8-2-1-3-9(6-8)14-10-7-12-4-5-13-10/h1-7H,11H2,(H,13,14). The van der Waals surface area contributed by atoms with E-state index in [1.165, 1.54) is 0 Å². The average molecular weight is 186 g/mol. The van der Waals surface area contributed by atoms with E-state index in [4.69, 9.17) is 5.73 Å². The van der Waals surface area contributed by atoms with E-state index in [1.807, 2.05) is 24.3 Å². The first-order valence-electron chi connectivity index (χ1n) is 4.23. The Labute approximate surface area is 81.8 Å². The van der Waals surface area contributed by atoms with Gasteiger partial charge in [0, 0.05) is 23.8 Å². The fourth-order valence-electron chi connectivity index (χ4n) is 1.13. The van der Waals surface area contributed by atoms with Crippen LogP contribution in [0.25, 0.3) is 0 Å². The summed E-state index contributed by atoms with van der Waals surface area (Å²) in [6.45, 7) is 0. The van der Waals surface area contributed by atoms with Crippen LogP contribution in [0.1, 0.15) is 0 Å². The first-order chi connectivity index (χ1) is 6.84. The van der Waals surface area contributed by atoms with Gasteiger partial charge in [-0.1, -0.05) is 6.07 Å². The minimum atomic E-state index is 0.707. The Kier molecular flexibility index (Phi) is 2.27. The largest absolute Gasteiger partial charge is 0.399 e. The summed E-state index contributed by atoms with van der Waals surface area (Å²) in [6.07, 6.45) is 4.92. The van der Waals surface area contributed by atoms with Crippen LogP contribution in [0.2, 0.25) is 0 Å². The van der Waals surface area contributed by atoms with Gasteiger partial charge in [-0.25, -0.2) is 4.98 Å². The minimum absolute atomic E-state index is 0.707. The average Bonchev–Trinajstić information content (AvgIpc) is 2.19. The zero-order chi connectivity index (χ0) is 9.80. The molecule has 4 nitrogen and oxygen atoms in total. The Morgan fingerprint density at radius 2 is 2.14 bits per heavy atom. The van der Waals surface area contributed by atoms with Gasteiger partial charge in [0.1, 0.15) is 5.82 Å². The number of aromatic nitrogens is 2. The Hall–Kier alpha value is -2.10. The molecule has 0 fully saturated rings. The van der Waals surface area contributed by atoms with Crippen molar-refractivity contribution in [2.45, 2.75) is 0 Å². The molecule has 4 heteroatoms. The summed E-state index contributed by atoms with van der Waals surface area (Å²) in [7, 11) is 0. The van der Waals surface area contributed by atoms with E-state index in [-0.39, 0.29) is 0 Å². The van der Waals surface area contributed by atoms with Crippen LogP contribution < -0.4 is 11.1 Å². The van der Waals surface area contributed by atoms with E-state index in [0.717, 1.165) is 11.4 Å². The van der Waals surface area contributed by atoms with Crippen LogP contribution >= 0.6 is 0 Å². The van der Waals surface area contributed by atoms with Crippen LogP contribution in [-0.4, -0.2) is 9.97 Å². The second-order valence-corrected chi connectivity index (χ2v) is 2.84. The van der Waals surface area contributed by atoms with Crippen molar-refractivity contribution in [2.75, 3.05) is 11.1 Å². The smallest absolute Gasteiger partial charge is 0.148 e. The number of rotatable bonds is 2. The molecular formula is C10H10N4. The Balaban J connectivity index is 2.19. The Bertz CT molecular complexity index is 413. The van der Waals surface area contributed by atoms with Gasteiger partial charge in [-0.15, -0.1) is 0 Å². The fourth-order valence-corrected chi connectivity index (χ4v) is 1.13. The highest BCUT2D eigenvalue weighted by molar-refractivity contribution is 5.60. The van der Waals surface area contributed by atoms with Crippen molar-refractivity contribution < 1.29 is 0 Å². The fraction of sp³-hybridized carbons (Fsp3) is 0. The third-order valence-corrected chi connectivity index (χ3v) is 1.72. The molecule has 1 aromatic heterocycles. The van der Waals surface area contributed by atoms with E-state index in [2.05, 4.69) is 15.3 Å². The van der Waals surface area contributed by atoms with Gasteiger partial charge in [-0.3, -0.25) is 4.98 Å². The lowest BCUT2D eigenvalue weighted by Crippen LogP contribution is -1.94. The monoisotopic (exact) mass is 186 g/mol. The van der Waals surface area contributed by atoms with Crippen molar-refractivity contribution in [3.05, 3.63) is 42.9 Å². The van der Waals surface area contributed by atoms with E-state index in [0.29, 0.717) is 5.82 Å². The van der Waals surface area contributed by atoms with Gasteiger partial charge in [0.25, 0.3) is 0 Å². The van der Waals surface area contributed by atoms with Gasteiger partial charge in [-0.05, 0) is 18.2 Å². The molecule has 2 rings (SSSR count). The highest BCUT2D eigenvalue weighted by Gasteiger charge is 1.94. The van der Waals surface area contributed by atoms with Crippen molar-refractivity contribution in [1.82, 2.24) is 9.97 Å². The van der Waals surface area contributed by atoms with Crippen LogP contribution in [0, 0.1) is 0 Å². The highest BCUT2D eigenvalue weighted by atomic mass is 15.0. The molecule has 3 N–H and O–H groups in total. The quantitative estimate of drug-likeness (QED) is 0.702. The number of hydrogen-bond donors (Lipinski definition) is 2. The summed E-state index contributed by atoms with van der Waals surface area (Å²) in [6, 6.07) is 7.48. The molecule has 0 aliphatic carbocycles. The predicted molar refractivity (Wildman–Crippen MR) is 56.2 cm³/mol. The lowest BCUT2D eigenvalue weighted by atomic mass is 10.3. The maximum Gasteiger partial charge on any atom is 0.148 e. The zero-order valence-corrected chi connectivity index (χ0v) is 7.51. The van der Waals surface area contributed by atoms with E-state index < -0.39 is 0 Å². The second-order valence-electron chi connectivity index (χ2n) is 2.84. The third-order valence-electron chi connectivity index (χ3n) is 1.72. The van der Waals surface area contributed by atoms with Crippen LogP contribution in [0.4, 0.5) is 17.2 Å². The Morgan fingerprint density at radius 3 is 2.86 bits per heavy atom. The molecule has 0 unspecified atom stereocenters. The summed E-state index contributed by atoms with van der Waals surface area (Å²) in [5, 5.41) is 3.09. The molecular weight excluding hydrogens is 176 g/mol. The van der Waals surface area contributed by atoms with Crippen LogP contribution in [0.5, 0.6) is 0 Å². The number of nitrogens with zero attached hydrogens (tertiary/aromatic N) is 2. The summed E-state index contributed by atoms with van der Waals surface area (Å²) >= 11 is 0. The molecule has 0 saturated carbocycles. The molecule has 0 aliphatic heterocycles. The maximum absolute atomic E-state index is 5.64. The highest BCUT2D eigenvalue weighted by Crippen LogP contribution is 2.15. The summed E-state index contributed by atoms with van der Waals surface area (Å²) < 4.78 is 0. The van der Waals surface area contributed by atoms with E-state index in [9.17, 15) is 0 Å². The maximum atomic E-state index is 5.64. The molecule has 2 aromatic rings. The number of nitrogens with one attached hydrogen (secondary N) is 1. The number of anilines is 3. The lowest BCUT2D eigenvalue weighted by Gasteiger charge is -2.04. The second kappa shape index (κ2) is 3.74. The minimum Gasteiger partial charge on any atom is -0.399 e.